The van der Waals surface area contributed by atoms with Gasteiger partial charge in [-0.05, 0) is 12.8 Å². The van der Waals surface area contributed by atoms with Crippen LogP contribution in [0.25, 0.3) is 0 Å². The lowest BCUT2D eigenvalue weighted by molar-refractivity contribution is -0.132. The Bertz CT molecular complexity index is 604. The molecule has 270 valence electrons. The van der Waals surface area contributed by atoms with Crippen molar-refractivity contribution in [3.63, 3.8) is 0 Å². The molecular formula is C39H79NO5. The molecule has 0 fully saturated rings. The van der Waals surface area contributed by atoms with Gasteiger partial charge in [-0.1, -0.05) is 200 Å². The Kier molecular flexibility index (Phi) is 34.1. The summed E-state index contributed by atoms with van der Waals surface area (Å²) in [6.45, 7) is 4.04. The molecule has 0 aromatic rings. The van der Waals surface area contributed by atoms with Gasteiger partial charge in [-0.3, -0.25) is 4.79 Å². The summed E-state index contributed by atoms with van der Waals surface area (Å²) in [7, 11) is 0. The normalized spacial score (nSPS) is 14.4. The molecule has 0 bridgehead atoms. The van der Waals surface area contributed by atoms with Crippen molar-refractivity contribution in [3.8, 4) is 0 Å². The maximum absolute atomic E-state index is 12.4. The predicted octanol–water partition coefficient (Wildman–Crippen LogP) is 9.68. The first-order chi connectivity index (χ1) is 22.0. The average molecular weight is 642 g/mol. The van der Waals surface area contributed by atoms with Crippen molar-refractivity contribution >= 4 is 5.91 Å². The molecule has 45 heavy (non-hydrogen) atoms. The Balaban J connectivity index is 3.76. The highest BCUT2D eigenvalue weighted by Gasteiger charge is 2.28. The van der Waals surface area contributed by atoms with E-state index < -0.39 is 36.9 Å². The molecule has 0 radical (unpaired) electrons. The van der Waals surface area contributed by atoms with E-state index >= 15 is 0 Å². The summed E-state index contributed by atoms with van der Waals surface area (Å²) in [5.41, 5.74) is 0. The maximum Gasteiger partial charge on any atom is 0.249 e. The smallest absolute Gasteiger partial charge is 0.249 e. The molecule has 0 aliphatic carbocycles. The summed E-state index contributed by atoms with van der Waals surface area (Å²) in [6, 6.07) is -0.977. The second-order valence-corrected chi connectivity index (χ2v) is 14.0. The van der Waals surface area contributed by atoms with Gasteiger partial charge in [0.25, 0.3) is 0 Å². The molecule has 4 atom stereocenters. The number of carbonyl (C=O) groups excluding carboxylic acids is 1. The SMILES string of the molecule is CCCCCCCCCCCCCCCCCC(O)C(O)C(CO)NC(=O)C(O)CCCCCCCCCCCCCCCC. The zero-order valence-electron chi connectivity index (χ0n) is 30.1. The van der Waals surface area contributed by atoms with E-state index in [1.54, 1.807) is 0 Å². The highest BCUT2D eigenvalue weighted by atomic mass is 16.3. The standard InChI is InChI=1S/C39H79NO5/c1-3-5-7-9-11-13-15-17-19-21-22-24-26-28-30-32-36(42)38(44)35(34-41)40-39(45)37(43)33-31-29-27-25-23-20-18-16-14-12-10-8-6-4-2/h35-38,41-44H,3-34H2,1-2H3,(H,40,45). The van der Waals surface area contributed by atoms with Crippen molar-refractivity contribution in [1.29, 1.82) is 0 Å². The van der Waals surface area contributed by atoms with Gasteiger partial charge in [0.15, 0.2) is 0 Å². The molecule has 0 aliphatic rings. The van der Waals surface area contributed by atoms with Crippen LogP contribution in [0.5, 0.6) is 0 Å². The molecule has 0 spiro atoms. The predicted molar refractivity (Wildman–Crippen MR) is 192 cm³/mol. The molecular weight excluding hydrogens is 562 g/mol. The highest BCUT2D eigenvalue weighted by Crippen LogP contribution is 2.17. The minimum absolute atomic E-state index is 0.375. The van der Waals surface area contributed by atoms with Crippen LogP contribution < -0.4 is 5.32 Å². The lowest BCUT2D eigenvalue weighted by Crippen LogP contribution is -2.53. The number of amides is 1. The molecule has 5 N–H and O–H groups in total. The molecule has 1 amide bonds. The first-order valence-corrected chi connectivity index (χ1v) is 19.9. The third-order valence-corrected chi connectivity index (χ3v) is 9.57. The highest BCUT2D eigenvalue weighted by molar-refractivity contribution is 5.80. The molecule has 6 nitrogen and oxygen atoms in total. The van der Waals surface area contributed by atoms with Crippen LogP contribution in [-0.2, 0) is 4.79 Å². The van der Waals surface area contributed by atoms with Crippen molar-refractivity contribution < 1.29 is 25.2 Å². The van der Waals surface area contributed by atoms with Crippen LogP contribution in [-0.4, -0.2) is 57.3 Å². The fraction of sp³-hybridized carbons (Fsp3) is 0.974. The number of nitrogens with one attached hydrogen (secondary N) is 1. The van der Waals surface area contributed by atoms with Gasteiger partial charge in [0.1, 0.15) is 12.2 Å². The Morgan fingerprint density at radius 2 is 0.756 bits per heavy atom. The zero-order valence-corrected chi connectivity index (χ0v) is 30.1. The summed E-state index contributed by atoms with van der Waals surface area (Å²) < 4.78 is 0. The van der Waals surface area contributed by atoms with Gasteiger partial charge < -0.3 is 25.7 Å². The number of unbranched alkanes of at least 4 members (excludes halogenated alkanes) is 27. The van der Waals surface area contributed by atoms with E-state index in [1.165, 1.54) is 148 Å². The molecule has 0 aromatic carbocycles. The number of aliphatic hydroxyl groups excluding tert-OH is 4. The Morgan fingerprint density at radius 1 is 0.467 bits per heavy atom. The lowest BCUT2D eigenvalue weighted by atomic mass is 9.99. The van der Waals surface area contributed by atoms with E-state index in [9.17, 15) is 25.2 Å². The van der Waals surface area contributed by atoms with Gasteiger partial charge in [0.2, 0.25) is 5.91 Å². The number of aliphatic hydroxyl groups is 4. The van der Waals surface area contributed by atoms with Gasteiger partial charge in [-0.25, -0.2) is 0 Å². The summed E-state index contributed by atoms with van der Waals surface area (Å²) in [6.07, 6.45) is 34.0. The molecule has 4 unspecified atom stereocenters. The van der Waals surface area contributed by atoms with Gasteiger partial charge in [0.05, 0.1) is 18.8 Å². The van der Waals surface area contributed by atoms with Crippen LogP contribution in [0.15, 0.2) is 0 Å². The van der Waals surface area contributed by atoms with Crippen LogP contribution in [0.2, 0.25) is 0 Å². The quantitative estimate of drug-likeness (QED) is 0.0438. The molecule has 0 rings (SSSR count). The summed E-state index contributed by atoms with van der Waals surface area (Å²) in [5, 5.41) is 43.5. The van der Waals surface area contributed by atoms with Crippen molar-refractivity contribution in [2.45, 2.75) is 237 Å². The van der Waals surface area contributed by atoms with Crippen LogP contribution >= 0.6 is 0 Å². The van der Waals surface area contributed by atoms with Crippen LogP contribution in [0.1, 0.15) is 213 Å². The van der Waals surface area contributed by atoms with E-state index in [0.717, 1.165) is 38.5 Å². The number of carbonyl (C=O) groups is 1. The second kappa shape index (κ2) is 34.6. The van der Waals surface area contributed by atoms with E-state index in [4.69, 9.17) is 0 Å². The fourth-order valence-corrected chi connectivity index (χ4v) is 6.34. The molecule has 0 aliphatic heterocycles. The minimum Gasteiger partial charge on any atom is -0.394 e. The van der Waals surface area contributed by atoms with Crippen LogP contribution in [0.4, 0.5) is 0 Å². The van der Waals surface area contributed by atoms with Gasteiger partial charge in [-0.2, -0.15) is 0 Å². The third kappa shape index (κ3) is 29.2. The molecule has 0 heterocycles. The Hall–Kier alpha value is -0.690. The summed E-state index contributed by atoms with van der Waals surface area (Å²) in [4.78, 5) is 12.4. The average Bonchev–Trinajstić information content (AvgIpc) is 3.04. The van der Waals surface area contributed by atoms with Gasteiger partial charge in [-0.15, -0.1) is 0 Å². The van der Waals surface area contributed by atoms with Gasteiger partial charge in [0, 0.05) is 0 Å². The van der Waals surface area contributed by atoms with E-state index in [0.29, 0.717) is 12.8 Å². The molecule has 6 heteroatoms. The topological polar surface area (TPSA) is 110 Å². The second-order valence-electron chi connectivity index (χ2n) is 14.0. The molecule has 0 saturated carbocycles. The third-order valence-electron chi connectivity index (χ3n) is 9.57. The van der Waals surface area contributed by atoms with Crippen molar-refractivity contribution in [1.82, 2.24) is 5.32 Å². The molecule has 0 saturated heterocycles. The zero-order chi connectivity index (χ0) is 33.2. The number of hydrogen-bond donors (Lipinski definition) is 5. The lowest BCUT2D eigenvalue weighted by Gasteiger charge is -2.27. The summed E-state index contributed by atoms with van der Waals surface area (Å²) in [5.74, 6) is -0.582. The Morgan fingerprint density at radius 3 is 1.07 bits per heavy atom. The van der Waals surface area contributed by atoms with E-state index in [-0.39, 0.29) is 0 Å². The fourth-order valence-electron chi connectivity index (χ4n) is 6.34. The van der Waals surface area contributed by atoms with E-state index in [1.807, 2.05) is 0 Å². The van der Waals surface area contributed by atoms with Crippen molar-refractivity contribution in [2.75, 3.05) is 6.61 Å². The Labute approximate surface area is 279 Å². The summed E-state index contributed by atoms with van der Waals surface area (Å²) >= 11 is 0. The first-order valence-electron chi connectivity index (χ1n) is 19.9. The largest absolute Gasteiger partial charge is 0.394 e. The van der Waals surface area contributed by atoms with Crippen LogP contribution in [0.3, 0.4) is 0 Å². The monoisotopic (exact) mass is 642 g/mol. The van der Waals surface area contributed by atoms with Crippen molar-refractivity contribution in [2.24, 2.45) is 0 Å². The first kappa shape index (κ1) is 44.3. The molecule has 0 aromatic heterocycles. The number of rotatable bonds is 36. The van der Waals surface area contributed by atoms with Crippen LogP contribution in [0, 0.1) is 0 Å². The minimum atomic E-state index is -1.25. The van der Waals surface area contributed by atoms with Crippen molar-refractivity contribution in [3.05, 3.63) is 0 Å². The van der Waals surface area contributed by atoms with E-state index in [2.05, 4.69) is 19.2 Å². The number of hydrogen-bond acceptors (Lipinski definition) is 5. The maximum atomic E-state index is 12.4. The van der Waals surface area contributed by atoms with Gasteiger partial charge >= 0.3 is 0 Å².